The average molecular weight is 555 g/mol. The standard InChI is InChI=1S/C26H33Cl2N3O4S/c1-18-9-7-10-20(15-18)16-30(19(2)26(33)29-21-11-5-4-6-12-21)24(32)17-31(36(3,34)35)23-14-8-13-22(27)25(23)28/h7-10,13-15,19,21H,4-6,11-12,16-17H2,1-3H3,(H,29,33)/t19-/m1/s1. The minimum Gasteiger partial charge on any atom is -0.352 e. The van der Waals surface area contributed by atoms with Gasteiger partial charge in [0.05, 0.1) is 22.0 Å². The second kappa shape index (κ2) is 12.3. The van der Waals surface area contributed by atoms with Gasteiger partial charge in [-0.1, -0.05) is 78.4 Å². The van der Waals surface area contributed by atoms with Gasteiger partial charge < -0.3 is 10.2 Å². The second-order valence-corrected chi connectivity index (χ2v) is 12.1. The molecule has 7 nitrogen and oxygen atoms in total. The molecular weight excluding hydrogens is 521 g/mol. The molecule has 36 heavy (non-hydrogen) atoms. The number of amides is 2. The Morgan fingerprint density at radius 2 is 1.75 bits per heavy atom. The van der Waals surface area contributed by atoms with Crippen LogP contribution in [-0.4, -0.2) is 50.0 Å². The van der Waals surface area contributed by atoms with Crippen LogP contribution >= 0.6 is 23.2 Å². The first kappa shape index (κ1) is 28.3. The lowest BCUT2D eigenvalue weighted by molar-refractivity contribution is -0.139. The van der Waals surface area contributed by atoms with E-state index >= 15 is 0 Å². The molecule has 2 aromatic rings. The molecule has 0 saturated heterocycles. The molecule has 2 amide bonds. The van der Waals surface area contributed by atoms with Gasteiger partial charge in [-0.05, 0) is 44.4 Å². The molecule has 196 valence electrons. The predicted molar refractivity (Wildman–Crippen MR) is 145 cm³/mol. The highest BCUT2D eigenvalue weighted by Crippen LogP contribution is 2.33. The third kappa shape index (κ3) is 7.37. The first-order valence-electron chi connectivity index (χ1n) is 12.0. The van der Waals surface area contributed by atoms with Crippen molar-refractivity contribution >= 4 is 50.7 Å². The summed E-state index contributed by atoms with van der Waals surface area (Å²) in [7, 11) is -3.89. The summed E-state index contributed by atoms with van der Waals surface area (Å²) in [5.41, 5.74) is 1.96. The van der Waals surface area contributed by atoms with Gasteiger partial charge in [0, 0.05) is 12.6 Å². The van der Waals surface area contributed by atoms with Crippen LogP contribution in [-0.2, 0) is 26.2 Å². The third-order valence-electron chi connectivity index (χ3n) is 6.43. The van der Waals surface area contributed by atoms with Gasteiger partial charge in [0.25, 0.3) is 0 Å². The van der Waals surface area contributed by atoms with Crippen LogP contribution in [0.15, 0.2) is 42.5 Å². The summed E-state index contributed by atoms with van der Waals surface area (Å²) in [4.78, 5) is 28.3. The van der Waals surface area contributed by atoms with Crippen molar-refractivity contribution in [3.8, 4) is 0 Å². The Bertz CT molecular complexity index is 1200. The molecule has 1 atom stereocenters. The zero-order valence-corrected chi connectivity index (χ0v) is 23.2. The Morgan fingerprint density at radius 3 is 2.39 bits per heavy atom. The van der Waals surface area contributed by atoms with E-state index in [1.165, 1.54) is 17.0 Å². The number of anilines is 1. The van der Waals surface area contributed by atoms with Crippen LogP contribution in [0.2, 0.25) is 10.0 Å². The molecule has 1 N–H and O–H groups in total. The first-order chi connectivity index (χ1) is 17.0. The SMILES string of the molecule is Cc1cccc(CN(C(=O)CN(c2cccc(Cl)c2Cl)S(C)(=O)=O)[C@H](C)C(=O)NC2CCCCC2)c1. The molecular formula is C26H33Cl2N3O4S. The van der Waals surface area contributed by atoms with Crippen molar-refractivity contribution in [1.82, 2.24) is 10.2 Å². The monoisotopic (exact) mass is 553 g/mol. The maximum atomic E-state index is 13.7. The van der Waals surface area contributed by atoms with E-state index < -0.39 is 28.5 Å². The van der Waals surface area contributed by atoms with Gasteiger partial charge in [-0.25, -0.2) is 8.42 Å². The number of aryl methyl sites for hydroxylation is 1. The fraction of sp³-hybridized carbons (Fsp3) is 0.462. The van der Waals surface area contributed by atoms with E-state index in [1.54, 1.807) is 13.0 Å². The molecule has 1 fully saturated rings. The van der Waals surface area contributed by atoms with Gasteiger partial charge in [-0.15, -0.1) is 0 Å². The molecule has 0 unspecified atom stereocenters. The van der Waals surface area contributed by atoms with Crippen molar-refractivity contribution in [1.29, 1.82) is 0 Å². The van der Waals surface area contributed by atoms with Crippen molar-refractivity contribution in [3.05, 3.63) is 63.6 Å². The number of hydrogen-bond acceptors (Lipinski definition) is 4. The Morgan fingerprint density at radius 1 is 1.08 bits per heavy atom. The average Bonchev–Trinajstić information content (AvgIpc) is 2.82. The van der Waals surface area contributed by atoms with Crippen LogP contribution < -0.4 is 9.62 Å². The molecule has 0 aliphatic heterocycles. The number of benzene rings is 2. The van der Waals surface area contributed by atoms with Crippen molar-refractivity contribution in [2.45, 2.75) is 64.6 Å². The summed E-state index contributed by atoms with van der Waals surface area (Å²) in [5, 5.41) is 3.29. The lowest BCUT2D eigenvalue weighted by Gasteiger charge is -2.33. The molecule has 10 heteroatoms. The molecule has 0 bridgehead atoms. The van der Waals surface area contributed by atoms with Gasteiger partial charge in [0.15, 0.2) is 0 Å². The zero-order valence-electron chi connectivity index (χ0n) is 20.8. The highest BCUT2D eigenvalue weighted by Gasteiger charge is 2.32. The molecule has 1 saturated carbocycles. The number of halogens is 2. The van der Waals surface area contributed by atoms with E-state index in [1.807, 2.05) is 31.2 Å². The summed E-state index contributed by atoms with van der Waals surface area (Å²) in [6.07, 6.45) is 6.12. The van der Waals surface area contributed by atoms with Gasteiger partial charge in [-0.2, -0.15) is 0 Å². The van der Waals surface area contributed by atoms with Gasteiger partial charge in [-0.3, -0.25) is 13.9 Å². The quantitative estimate of drug-likeness (QED) is 0.476. The summed E-state index contributed by atoms with van der Waals surface area (Å²) in [6, 6.07) is 11.5. The molecule has 0 aromatic heterocycles. The number of nitrogens with one attached hydrogen (secondary N) is 1. The number of nitrogens with zero attached hydrogens (tertiary/aromatic N) is 2. The fourth-order valence-corrected chi connectivity index (χ4v) is 5.74. The van der Waals surface area contributed by atoms with E-state index in [-0.39, 0.29) is 34.2 Å². The second-order valence-electron chi connectivity index (χ2n) is 9.37. The van der Waals surface area contributed by atoms with E-state index in [9.17, 15) is 18.0 Å². The highest BCUT2D eigenvalue weighted by atomic mass is 35.5. The van der Waals surface area contributed by atoms with Crippen LogP contribution in [0.25, 0.3) is 0 Å². The fourth-order valence-electron chi connectivity index (χ4n) is 4.44. The summed E-state index contributed by atoms with van der Waals surface area (Å²) in [5.74, 6) is -0.779. The van der Waals surface area contributed by atoms with Crippen LogP contribution in [0.4, 0.5) is 5.69 Å². The van der Waals surface area contributed by atoms with Crippen molar-refractivity contribution in [2.24, 2.45) is 0 Å². The molecule has 1 aliphatic rings. The number of rotatable bonds is 9. The van der Waals surface area contributed by atoms with Gasteiger partial charge in [0.2, 0.25) is 21.8 Å². The third-order valence-corrected chi connectivity index (χ3v) is 8.37. The topological polar surface area (TPSA) is 86.8 Å². The maximum Gasteiger partial charge on any atom is 0.244 e. The molecule has 0 radical (unpaired) electrons. The highest BCUT2D eigenvalue weighted by molar-refractivity contribution is 7.92. The zero-order chi connectivity index (χ0) is 26.5. The van der Waals surface area contributed by atoms with E-state index in [0.717, 1.165) is 53.8 Å². The summed E-state index contributed by atoms with van der Waals surface area (Å²) < 4.78 is 26.3. The Balaban J connectivity index is 1.90. The van der Waals surface area contributed by atoms with Crippen LogP contribution in [0.5, 0.6) is 0 Å². The summed E-state index contributed by atoms with van der Waals surface area (Å²) >= 11 is 12.4. The van der Waals surface area contributed by atoms with Crippen molar-refractivity contribution in [2.75, 3.05) is 17.1 Å². The molecule has 2 aromatic carbocycles. The first-order valence-corrected chi connectivity index (χ1v) is 14.6. The van der Waals surface area contributed by atoms with Crippen molar-refractivity contribution < 1.29 is 18.0 Å². The lowest BCUT2D eigenvalue weighted by Crippen LogP contribution is -2.53. The van der Waals surface area contributed by atoms with Gasteiger partial charge >= 0.3 is 0 Å². The summed E-state index contributed by atoms with van der Waals surface area (Å²) in [6.45, 7) is 3.25. The van der Waals surface area contributed by atoms with E-state index in [2.05, 4.69) is 5.32 Å². The molecule has 1 aliphatic carbocycles. The van der Waals surface area contributed by atoms with E-state index in [0.29, 0.717) is 0 Å². The van der Waals surface area contributed by atoms with Crippen LogP contribution in [0.1, 0.15) is 50.2 Å². The minimum atomic E-state index is -3.89. The Hall–Kier alpha value is -2.29. The lowest BCUT2D eigenvalue weighted by atomic mass is 9.95. The molecule has 0 spiro atoms. The number of hydrogen-bond donors (Lipinski definition) is 1. The Labute approximate surface area is 223 Å². The number of carbonyl (C=O) groups excluding carboxylic acids is 2. The minimum absolute atomic E-state index is 0.0331. The van der Waals surface area contributed by atoms with Crippen LogP contribution in [0, 0.1) is 6.92 Å². The predicted octanol–water partition coefficient (Wildman–Crippen LogP) is 4.93. The maximum absolute atomic E-state index is 13.7. The smallest absolute Gasteiger partial charge is 0.244 e. The number of sulfonamides is 1. The molecule has 3 rings (SSSR count). The molecule has 0 heterocycles. The van der Waals surface area contributed by atoms with Gasteiger partial charge in [0.1, 0.15) is 12.6 Å². The Kier molecular flexibility index (Phi) is 9.66. The van der Waals surface area contributed by atoms with Crippen LogP contribution in [0.3, 0.4) is 0 Å². The largest absolute Gasteiger partial charge is 0.352 e. The normalized spacial score (nSPS) is 15.2. The van der Waals surface area contributed by atoms with Crippen molar-refractivity contribution in [3.63, 3.8) is 0 Å². The van der Waals surface area contributed by atoms with E-state index in [4.69, 9.17) is 23.2 Å². The number of carbonyl (C=O) groups is 2.